The summed E-state index contributed by atoms with van der Waals surface area (Å²) in [5.41, 5.74) is 3.75. The van der Waals surface area contributed by atoms with Crippen molar-refractivity contribution in [3.05, 3.63) is 83.0 Å². The lowest BCUT2D eigenvalue weighted by atomic mass is 9.98. The summed E-state index contributed by atoms with van der Waals surface area (Å²) in [6.07, 6.45) is 3.47. The Morgan fingerprint density at radius 3 is 2.52 bits per heavy atom. The average Bonchev–Trinajstić information content (AvgIpc) is 2.93. The van der Waals surface area contributed by atoms with Crippen LogP contribution in [0.25, 0.3) is 5.57 Å². The Kier molecular flexibility index (Phi) is 4.58. The molecule has 2 amide bonds. The second-order valence-corrected chi connectivity index (χ2v) is 7.06. The highest BCUT2D eigenvalue weighted by Gasteiger charge is 2.42. The molecule has 27 heavy (non-hydrogen) atoms. The Labute approximate surface area is 163 Å². The largest absolute Gasteiger partial charge is 0.336 e. The topological polar surface area (TPSA) is 40.6 Å². The lowest BCUT2D eigenvalue weighted by Crippen LogP contribution is -2.37. The number of hydrogen-bond acceptors (Lipinski definition) is 3. The van der Waals surface area contributed by atoms with E-state index in [0.29, 0.717) is 28.4 Å². The lowest BCUT2D eigenvalue weighted by molar-refractivity contribution is -0.136. The Balaban J connectivity index is 1.90. The van der Waals surface area contributed by atoms with Gasteiger partial charge in [0.05, 0.1) is 5.57 Å². The van der Waals surface area contributed by atoms with Gasteiger partial charge in [-0.2, -0.15) is 0 Å². The number of benzene rings is 2. The fourth-order valence-corrected chi connectivity index (χ4v) is 3.88. The zero-order valence-electron chi connectivity index (χ0n) is 14.8. The predicted octanol–water partition coefficient (Wildman–Crippen LogP) is 4.06. The first kappa shape index (κ1) is 17.6. The number of halogens is 1. The minimum Gasteiger partial charge on any atom is -0.336 e. The molecule has 0 saturated heterocycles. The van der Waals surface area contributed by atoms with Crippen molar-refractivity contribution < 1.29 is 9.59 Å². The normalized spacial score (nSPS) is 16.8. The van der Waals surface area contributed by atoms with E-state index in [0.717, 1.165) is 18.5 Å². The summed E-state index contributed by atoms with van der Waals surface area (Å²) in [6.45, 7) is 4.57. The maximum absolute atomic E-state index is 13.2. The van der Waals surface area contributed by atoms with E-state index in [9.17, 15) is 9.59 Å². The number of carbonyl (C=O) groups excluding carboxylic acids is 2. The molecule has 4 rings (SSSR count). The van der Waals surface area contributed by atoms with E-state index in [4.69, 9.17) is 11.6 Å². The van der Waals surface area contributed by atoms with E-state index < -0.39 is 0 Å². The monoisotopic (exact) mass is 378 g/mol. The standard InChI is InChI=1S/C22H19ClN2O2/c1-2-13-25-21(26)19(16-9-11-17(23)12-10-16)20(22(25)27)24-14-5-7-15-6-3-4-8-18(15)24/h2-4,6,8-12H,1,5,7,13-14H2. The molecule has 5 heteroatoms. The van der Waals surface area contributed by atoms with Crippen LogP contribution in [0.5, 0.6) is 0 Å². The van der Waals surface area contributed by atoms with Crippen LogP contribution >= 0.6 is 11.6 Å². The molecule has 2 aromatic carbocycles. The van der Waals surface area contributed by atoms with Crippen LogP contribution in [0.4, 0.5) is 5.69 Å². The quantitative estimate of drug-likeness (QED) is 0.595. The van der Waals surface area contributed by atoms with Gasteiger partial charge in [0.2, 0.25) is 0 Å². The summed E-state index contributed by atoms with van der Waals surface area (Å²) in [4.78, 5) is 29.5. The smallest absolute Gasteiger partial charge is 0.278 e. The first-order valence-corrected chi connectivity index (χ1v) is 9.32. The molecule has 2 aromatic rings. The van der Waals surface area contributed by atoms with Gasteiger partial charge in [0.1, 0.15) is 5.70 Å². The zero-order valence-corrected chi connectivity index (χ0v) is 15.6. The number of para-hydroxylation sites is 1. The highest BCUT2D eigenvalue weighted by molar-refractivity contribution is 6.37. The number of nitrogens with zero attached hydrogens (tertiary/aromatic N) is 2. The molecule has 0 N–H and O–H groups in total. The molecule has 0 radical (unpaired) electrons. The third-order valence-electron chi connectivity index (χ3n) is 4.97. The van der Waals surface area contributed by atoms with Crippen LogP contribution in [0, 0.1) is 0 Å². The van der Waals surface area contributed by atoms with Gasteiger partial charge < -0.3 is 4.90 Å². The molecule has 0 aliphatic carbocycles. The van der Waals surface area contributed by atoms with Crippen molar-refractivity contribution in [1.29, 1.82) is 0 Å². The number of hydrogen-bond donors (Lipinski definition) is 0. The molecule has 0 bridgehead atoms. The van der Waals surface area contributed by atoms with Crippen LogP contribution < -0.4 is 4.90 Å². The van der Waals surface area contributed by atoms with Gasteiger partial charge in [0.25, 0.3) is 11.8 Å². The number of fused-ring (bicyclic) bond motifs is 1. The number of anilines is 1. The first-order valence-electron chi connectivity index (χ1n) is 8.94. The fourth-order valence-electron chi connectivity index (χ4n) is 3.75. The number of carbonyl (C=O) groups is 2. The van der Waals surface area contributed by atoms with Crippen LogP contribution in [0.1, 0.15) is 17.5 Å². The number of rotatable bonds is 4. The van der Waals surface area contributed by atoms with E-state index in [-0.39, 0.29) is 18.4 Å². The average molecular weight is 379 g/mol. The predicted molar refractivity (Wildman–Crippen MR) is 107 cm³/mol. The van der Waals surface area contributed by atoms with Gasteiger partial charge in [-0.3, -0.25) is 14.5 Å². The van der Waals surface area contributed by atoms with Crippen molar-refractivity contribution in [2.75, 3.05) is 18.0 Å². The Morgan fingerprint density at radius 1 is 1.04 bits per heavy atom. The third kappa shape index (κ3) is 2.96. The Hall–Kier alpha value is -2.85. The van der Waals surface area contributed by atoms with Gasteiger partial charge in [0, 0.05) is 23.8 Å². The molecule has 0 spiro atoms. The van der Waals surface area contributed by atoms with Crippen LogP contribution in [0.2, 0.25) is 5.02 Å². The van der Waals surface area contributed by atoms with Crippen LogP contribution in [0.3, 0.4) is 0 Å². The Morgan fingerprint density at radius 2 is 1.78 bits per heavy atom. The SMILES string of the molecule is C=CCN1C(=O)C(c2ccc(Cl)cc2)=C(N2CCCc3ccccc32)C1=O. The van der Waals surface area contributed by atoms with E-state index in [1.165, 1.54) is 10.5 Å². The second kappa shape index (κ2) is 7.05. The van der Waals surface area contributed by atoms with Crippen molar-refractivity contribution in [3.63, 3.8) is 0 Å². The van der Waals surface area contributed by atoms with Crippen LogP contribution in [0.15, 0.2) is 66.9 Å². The minimum atomic E-state index is -0.291. The van der Waals surface area contributed by atoms with Crippen molar-refractivity contribution >= 4 is 34.7 Å². The molecule has 0 saturated carbocycles. The van der Waals surface area contributed by atoms with Gasteiger partial charge in [-0.05, 0) is 42.2 Å². The van der Waals surface area contributed by atoms with Crippen LogP contribution in [-0.2, 0) is 16.0 Å². The molecule has 2 aliphatic heterocycles. The maximum Gasteiger partial charge on any atom is 0.278 e. The zero-order chi connectivity index (χ0) is 19.0. The van der Waals surface area contributed by atoms with Crippen molar-refractivity contribution in [2.24, 2.45) is 0 Å². The fraction of sp³-hybridized carbons (Fsp3) is 0.182. The third-order valence-corrected chi connectivity index (χ3v) is 5.22. The number of aryl methyl sites for hydroxylation is 1. The molecular formula is C22H19ClN2O2. The lowest BCUT2D eigenvalue weighted by Gasteiger charge is -2.32. The molecule has 4 nitrogen and oxygen atoms in total. The molecule has 2 heterocycles. The molecule has 0 atom stereocenters. The summed E-state index contributed by atoms with van der Waals surface area (Å²) in [6, 6.07) is 15.1. The van der Waals surface area contributed by atoms with E-state index >= 15 is 0 Å². The summed E-state index contributed by atoms with van der Waals surface area (Å²) in [5, 5.41) is 0.587. The maximum atomic E-state index is 13.2. The van der Waals surface area contributed by atoms with E-state index in [1.54, 1.807) is 30.3 Å². The summed E-state index contributed by atoms with van der Waals surface area (Å²) >= 11 is 6.01. The van der Waals surface area contributed by atoms with Crippen molar-refractivity contribution in [2.45, 2.75) is 12.8 Å². The number of amides is 2. The molecule has 0 aromatic heterocycles. The van der Waals surface area contributed by atoms with E-state index in [2.05, 4.69) is 12.6 Å². The summed E-state index contributed by atoms with van der Waals surface area (Å²) in [5.74, 6) is -0.568. The highest BCUT2D eigenvalue weighted by Crippen LogP contribution is 2.37. The summed E-state index contributed by atoms with van der Waals surface area (Å²) < 4.78 is 0. The van der Waals surface area contributed by atoms with E-state index in [1.807, 2.05) is 23.1 Å². The first-order chi connectivity index (χ1) is 13.1. The summed E-state index contributed by atoms with van der Waals surface area (Å²) in [7, 11) is 0. The molecule has 0 fully saturated rings. The van der Waals surface area contributed by atoms with Crippen molar-refractivity contribution in [3.8, 4) is 0 Å². The molecule has 2 aliphatic rings. The van der Waals surface area contributed by atoms with Crippen molar-refractivity contribution in [1.82, 2.24) is 4.90 Å². The van der Waals surface area contributed by atoms with Gasteiger partial charge in [-0.1, -0.05) is 48.0 Å². The van der Waals surface area contributed by atoms with Gasteiger partial charge in [-0.25, -0.2) is 0 Å². The van der Waals surface area contributed by atoms with Gasteiger partial charge in [-0.15, -0.1) is 6.58 Å². The van der Waals surface area contributed by atoms with Crippen LogP contribution in [-0.4, -0.2) is 29.8 Å². The van der Waals surface area contributed by atoms with Gasteiger partial charge >= 0.3 is 0 Å². The van der Waals surface area contributed by atoms with Gasteiger partial charge in [0.15, 0.2) is 0 Å². The molecule has 136 valence electrons. The Bertz CT molecular complexity index is 963. The second-order valence-electron chi connectivity index (χ2n) is 6.62. The number of imide groups is 1. The highest BCUT2D eigenvalue weighted by atomic mass is 35.5. The molecule has 0 unspecified atom stereocenters. The minimum absolute atomic E-state index is 0.188. The molecular weight excluding hydrogens is 360 g/mol.